The highest BCUT2D eigenvalue weighted by molar-refractivity contribution is 4.55. The van der Waals surface area contributed by atoms with Gasteiger partial charge in [0.15, 0.2) is 0 Å². The molecule has 0 atom stereocenters. The van der Waals surface area contributed by atoms with Crippen molar-refractivity contribution < 1.29 is 28.9 Å². The van der Waals surface area contributed by atoms with E-state index < -0.39 is 10.2 Å². The van der Waals surface area contributed by atoms with E-state index in [0.29, 0.717) is 0 Å². The summed E-state index contributed by atoms with van der Waals surface area (Å²) in [5.74, 6) is 5.07. The molecule has 11 heavy (non-hydrogen) atoms. The first-order valence-electron chi connectivity index (χ1n) is 2.11. The van der Waals surface area contributed by atoms with Gasteiger partial charge in [-0.05, 0) is 0 Å². The number of nitrogens with zero attached hydrogens (tertiary/aromatic N) is 3. The first-order chi connectivity index (χ1) is 4.89. The van der Waals surface area contributed by atoms with Crippen LogP contribution in [0.25, 0.3) is 0 Å². The van der Waals surface area contributed by atoms with Gasteiger partial charge in [0.05, 0.1) is 0 Å². The third kappa shape index (κ3) is 12.3. The van der Waals surface area contributed by atoms with Crippen LogP contribution in [0.1, 0.15) is 0 Å². The third-order valence-corrected chi connectivity index (χ3v) is 0.437. The van der Waals surface area contributed by atoms with Crippen molar-refractivity contribution in [1.29, 1.82) is 0 Å². The molecule has 9 heteroatoms. The zero-order valence-electron chi connectivity index (χ0n) is 5.08. The Kier molecular flexibility index (Phi) is 3.71. The van der Waals surface area contributed by atoms with Crippen molar-refractivity contribution in [2.45, 2.75) is 0 Å². The molecule has 2 N–H and O–H groups in total. The molecule has 0 aromatic carbocycles. The Morgan fingerprint density at radius 3 is 1.45 bits per heavy atom. The van der Waals surface area contributed by atoms with Crippen molar-refractivity contribution in [3.8, 4) is 0 Å². The fourth-order valence-electron chi connectivity index (χ4n) is 0.209. The maximum Gasteiger partial charge on any atom is 0.138 e. The molecule has 0 saturated heterocycles. The molecule has 8 nitrogen and oxygen atoms in total. The number of rotatable bonds is 0. The number of hydrogen-bond acceptors (Lipinski definition) is 7. The van der Waals surface area contributed by atoms with Gasteiger partial charge in [-0.3, -0.25) is 0 Å². The Hall–Kier alpha value is -0.930. The Morgan fingerprint density at radius 2 is 1.36 bits per heavy atom. The summed E-state index contributed by atoms with van der Waals surface area (Å²) < 4.78 is 35.2. The molecule has 0 bridgehead atoms. The first kappa shape index (κ1) is 10.1. The van der Waals surface area contributed by atoms with Crippen molar-refractivity contribution in [2.24, 2.45) is 0 Å². The van der Waals surface area contributed by atoms with Crippen LogP contribution in [-0.4, -0.2) is 14.9 Å². The standard InChI is InChI=1S/C2H4N4.ClHO4/c3-6-1-4-5-2-6;2-1(3,4)5/h1-2H,3H2;(H,2,3,4,5)/p-1. The van der Waals surface area contributed by atoms with E-state index in [9.17, 15) is 0 Å². The minimum atomic E-state index is -4.94. The van der Waals surface area contributed by atoms with Crippen LogP contribution in [0.4, 0.5) is 0 Å². The van der Waals surface area contributed by atoms with Gasteiger partial charge in [0, 0.05) is 0 Å². The molecule has 0 amide bonds. The predicted octanol–water partition coefficient (Wildman–Crippen LogP) is -5.76. The van der Waals surface area contributed by atoms with Gasteiger partial charge in [-0.25, -0.2) is 23.3 Å². The summed E-state index contributed by atoms with van der Waals surface area (Å²) in [6, 6.07) is 0. The number of aromatic nitrogens is 3. The summed E-state index contributed by atoms with van der Waals surface area (Å²) >= 11 is 0. The van der Waals surface area contributed by atoms with Gasteiger partial charge >= 0.3 is 0 Å². The van der Waals surface area contributed by atoms with E-state index in [4.69, 9.17) is 24.5 Å². The van der Waals surface area contributed by atoms with Gasteiger partial charge in [0.25, 0.3) is 0 Å². The summed E-state index contributed by atoms with van der Waals surface area (Å²) in [5, 5.41) is 6.82. The van der Waals surface area contributed by atoms with E-state index in [2.05, 4.69) is 10.2 Å². The quantitative estimate of drug-likeness (QED) is 0.394. The van der Waals surface area contributed by atoms with Crippen LogP contribution in [0.2, 0.25) is 0 Å². The number of halogens is 1. The predicted molar refractivity (Wildman–Crippen MR) is 20.2 cm³/mol. The lowest BCUT2D eigenvalue weighted by atomic mass is 11.3. The second-order valence-corrected chi connectivity index (χ2v) is 2.04. The molecule has 1 rings (SSSR count). The summed E-state index contributed by atoms with van der Waals surface area (Å²) in [7, 11) is -4.94. The van der Waals surface area contributed by atoms with Crippen molar-refractivity contribution in [1.82, 2.24) is 14.9 Å². The zero-order valence-corrected chi connectivity index (χ0v) is 5.84. The molecule has 0 aliphatic carbocycles. The van der Waals surface area contributed by atoms with Crippen LogP contribution in [0.5, 0.6) is 0 Å². The summed E-state index contributed by atoms with van der Waals surface area (Å²) in [6.07, 6.45) is 2.83. The monoisotopic (exact) mass is 183 g/mol. The molecule has 1 aromatic heterocycles. The minimum absolute atomic E-state index is 1.28. The van der Waals surface area contributed by atoms with E-state index in [0.717, 1.165) is 0 Å². The van der Waals surface area contributed by atoms with E-state index in [1.807, 2.05) is 0 Å². The Balaban J connectivity index is 0.000000187. The number of nitrogens with two attached hydrogens (primary N) is 1. The van der Waals surface area contributed by atoms with Crippen LogP contribution < -0.4 is 24.5 Å². The maximum atomic E-state index is 8.49. The molecular formula is C2H4ClN4O4-. The third-order valence-electron chi connectivity index (χ3n) is 0.437. The Labute approximate surface area is 63.2 Å². The average Bonchev–Trinajstić information content (AvgIpc) is 2.12. The normalized spacial score (nSPS) is 10.2. The van der Waals surface area contributed by atoms with Crippen LogP contribution >= 0.6 is 0 Å². The molecular weight excluding hydrogens is 179 g/mol. The van der Waals surface area contributed by atoms with Crippen molar-refractivity contribution in [2.75, 3.05) is 5.84 Å². The maximum absolute atomic E-state index is 8.49. The Bertz CT molecular complexity index is 176. The highest BCUT2D eigenvalue weighted by Crippen LogP contribution is 1.61. The van der Waals surface area contributed by atoms with Crippen LogP contribution in [0.3, 0.4) is 0 Å². The molecule has 0 fully saturated rings. The smallest absolute Gasteiger partial charge is 0.138 e. The molecule has 0 radical (unpaired) electrons. The molecule has 0 saturated carbocycles. The molecule has 1 aromatic rings. The summed E-state index contributed by atoms with van der Waals surface area (Å²) in [6.45, 7) is 0. The lowest BCUT2D eigenvalue weighted by Crippen LogP contribution is -2.68. The molecule has 0 aliphatic rings. The van der Waals surface area contributed by atoms with Crippen molar-refractivity contribution in [3.63, 3.8) is 0 Å². The van der Waals surface area contributed by atoms with Gasteiger partial charge in [-0.1, -0.05) is 0 Å². The molecule has 0 aliphatic heterocycles. The molecule has 64 valence electrons. The van der Waals surface area contributed by atoms with Crippen molar-refractivity contribution >= 4 is 0 Å². The van der Waals surface area contributed by atoms with Gasteiger partial charge in [0.1, 0.15) is 12.7 Å². The number of nitrogen functional groups attached to an aromatic ring is 1. The SMILES string of the molecule is Nn1cnnc1.[O-][Cl+3]([O-])([O-])[O-]. The fraction of sp³-hybridized carbons (Fsp3) is 0. The average molecular weight is 184 g/mol. The molecule has 0 spiro atoms. The van der Waals surface area contributed by atoms with Gasteiger partial charge in [-0.15, -0.1) is 20.4 Å². The second-order valence-electron chi connectivity index (χ2n) is 1.29. The van der Waals surface area contributed by atoms with Crippen molar-refractivity contribution in [3.05, 3.63) is 12.7 Å². The van der Waals surface area contributed by atoms with E-state index >= 15 is 0 Å². The lowest BCUT2D eigenvalue weighted by Gasteiger charge is -2.17. The lowest BCUT2D eigenvalue weighted by molar-refractivity contribution is -2.00. The first-order valence-corrected chi connectivity index (χ1v) is 3.34. The second kappa shape index (κ2) is 4.05. The van der Waals surface area contributed by atoms with Gasteiger partial charge in [-0.2, -0.15) is 0 Å². The van der Waals surface area contributed by atoms with Gasteiger partial charge < -0.3 is 5.84 Å². The topological polar surface area (TPSA) is 149 Å². The van der Waals surface area contributed by atoms with E-state index in [1.54, 1.807) is 0 Å². The summed E-state index contributed by atoms with van der Waals surface area (Å²) in [4.78, 5) is 0. The zero-order chi connectivity index (χ0) is 8.91. The largest absolute Gasteiger partial charge is 0.337 e. The van der Waals surface area contributed by atoms with Gasteiger partial charge in [0.2, 0.25) is 0 Å². The molecule has 0 unspecified atom stereocenters. The highest BCUT2D eigenvalue weighted by atomic mass is 35.7. The Morgan fingerprint density at radius 1 is 1.09 bits per heavy atom. The minimum Gasteiger partial charge on any atom is -0.337 e. The van der Waals surface area contributed by atoms with E-state index in [1.165, 1.54) is 17.3 Å². The summed E-state index contributed by atoms with van der Waals surface area (Å²) in [5.41, 5.74) is 0. The highest BCUT2D eigenvalue weighted by Gasteiger charge is 1.84. The molecule has 1 heterocycles. The van der Waals surface area contributed by atoms with Crippen LogP contribution in [0, 0.1) is 10.2 Å². The fourth-order valence-corrected chi connectivity index (χ4v) is 0.209. The van der Waals surface area contributed by atoms with E-state index in [-0.39, 0.29) is 0 Å². The number of hydrogen-bond donors (Lipinski definition) is 1. The van der Waals surface area contributed by atoms with Crippen LogP contribution in [0.15, 0.2) is 12.7 Å². The van der Waals surface area contributed by atoms with Crippen LogP contribution in [-0.2, 0) is 0 Å².